The molecule has 0 nitrogen and oxygen atoms in total. The second-order valence-electron chi connectivity index (χ2n) is 3.40. The fourth-order valence-corrected chi connectivity index (χ4v) is 5.66. The molecule has 0 atom stereocenters. The topological polar surface area (TPSA) is 0 Å². The van der Waals surface area contributed by atoms with Gasteiger partial charge in [-0.05, 0) is 0 Å². The number of halogens is 4. The van der Waals surface area contributed by atoms with Crippen molar-refractivity contribution in [2.45, 2.75) is 0 Å². The average Bonchev–Trinajstić information content (AvgIpc) is 2.29. The molecule has 2 aromatic rings. The molecule has 0 unspecified atom stereocenters. The molecule has 0 saturated carbocycles. The molecule has 90 valence electrons. The van der Waals surface area contributed by atoms with Crippen molar-refractivity contribution in [1.29, 1.82) is 0 Å². The van der Waals surface area contributed by atoms with Gasteiger partial charge in [-0.25, -0.2) is 0 Å². The predicted octanol–water partition coefficient (Wildman–Crippen LogP) is 0.677. The minimum atomic E-state index is -2.75. The Balaban J connectivity index is 2.23. The van der Waals surface area contributed by atoms with E-state index < -0.39 is 6.00 Å². The van der Waals surface area contributed by atoms with Crippen molar-refractivity contribution in [3.63, 3.8) is 0 Å². The third kappa shape index (κ3) is 4.14. The van der Waals surface area contributed by atoms with Crippen LogP contribution in [0.25, 0.3) is 0 Å². The van der Waals surface area contributed by atoms with Crippen LogP contribution >= 0.6 is 33.2 Å². The van der Waals surface area contributed by atoms with Crippen LogP contribution in [0.1, 0.15) is 0 Å². The summed E-state index contributed by atoms with van der Waals surface area (Å²) in [5, 5.41) is 0.871. The normalized spacial score (nSPS) is 11.7. The number of benzene rings is 2. The zero-order chi connectivity index (χ0) is 12.3. The van der Waals surface area contributed by atoms with Gasteiger partial charge < -0.3 is 0 Å². The van der Waals surface area contributed by atoms with Crippen LogP contribution in [-0.4, -0.2) is 6.00 Å². The van der Waals surface area contributed by atoms with Crippen molar-refractivity contribution in [2.75, 3.05) is 0 Å². The first-order valence-corrected chi connectivity index (χ1v) is 12.1. The molecule has 0 fully saturated rings. The Hall–Kier alpha value is 0.257. The van der Waals surface area contributed by atoms with E-state index in [-0.39, 0.29) is 21.2 Å². The average molecular weight is 415 g/mol. The second kappa shape index (κ2) is 5.93. The van der Waals surface area contributed by atoms with Gasteiger partial charge in [0, 0.05) is 0 Å². The maximum atomic E-state index is 6.02. The zero-order valence-corrected chi connectivity index (χ0v) is 14.1. The molecule has 0 aromatic heterocycles. The van der Waals surface area contributed by atoms with Crippen LogP contribution in [0.4, 0.5) is 0 Å². The molecule has 0 bridgehead atoms. The Bertz CT molecular complexity index is 497. The van der Waals surface area contributed by atoms with Crippen LogP contribution in [0.5, 0.6) is 0 Å². The van der Waals surface area contributed by atoms with E-state index in [1.165, 1.54) is 7.14 Å². The van der Waals surface area contributed by atoms with Crippen molar-refractivity contribution in [2.24, 2.45) is 0 Å². The summed E-state index contributed by atoms with van der Waals surface area (Å²) < 4.78 is 2.65. The molecular formula is C12H9Cl3ISi-. The van der Waals surface area contributed by atoms with E-state index in [4.69, 9.17) is 33.2 Å². The van der Waals surface area contributed by atoms with Crippen LogP contribution in [0, 0.1) is 7.14 Å². The van der Waals surface area contributed by atoms with E-state index in [1.54, 1.807) is 0 Å². The summed E-state index contributed by atoms with van der Waals surface area (Å²) in [7, 11) is 0. The first kappa shape index (κ1) is 13.7. The molecule has 17 heavy (non-hydrogen) atoms. The Kier molecular flexibility index (Phi) is 4.77. The quantitative estimate of drug-likeness (QED) is 0.394. The number of hydrogen-bond acceptors (Lipinski definition) is 0. The zero-order valence-electron chi connectivity index (χ0n) is 8.71. The van der Waals surface area contributed by atoms with Crippen molar-refractivity contribution in [1.82, 2.24) is 0 Å². The molecule has 5 heteroatoms. The molecule has 0 aliphatic carbocycles. The van der Waals surface area contributed by atoms with E-state index in [0.717, 1.165) is 5.19 Å². The first-order chi connectivity index (χ1) is 8.05. The van der Waals surface area contributed by atoms with Gasteiger partial charge in [0.05, 0.1) is 0 Å². The van der Waals surface area contributed by atoms with Crippen molar-refractivity contribution < 1.29 is 21.2 Å². The van der Waals surface area contributed by atoms with Crippen LogP contribution in [-0.2, 0) is 0 Å². The van der Waals surface area contributed by atoms with Crippen LogP contribution in [0.2, 0.25) is 0 Å². The van der Waals surface area contributed by atoms with Gasteiger partial charge in [-0.2, -0.15) is 0 Å². The van der Waals surface area contributed by atoms with Gasteiger partial charge in [0.15, 0.2) is 0 Å². The Labute approximate surface area is 126 Å². The Morgan fingerprint density at radius 1 is 0.765 bits per heavy atom. The monoisotopic (exact) mass is 413 g/mol. The van der Waals surface area contributed by atoms with Gasteiger partial charge in [-0.1, -0.05) is 0 Å². The Morgan fingerprint density at radius 3 is 2.06 bits per heavy atom. The SMILES string of the molecule is Cl[Si](Cl)(Cl)c1cccc([I-]c2ccccc2)c1. The second-order valence-corrected chi connectivity index (χ2v) is 14.8. The Morgan fingerprint density at radius 2 is 1.41 bits per heavy atom. The van der Waals surface area contributed by atoms with E-state index in [0.29, 0.717) is 0 Å². The fraction of sp³-hybridized carbons (Fsp3) is 0. The molecule has 0 heterocycles. The summed E-state index contributed by atoms with van der Waals surface area (Å²) >= 11 is 17.9. The summed E-state index contributed by atoms with van der Waals surface area (Å²) in [6.07, 6.45) is 0. The summed E-state index contributed by atoms with van der Waals surface area (Å²) in [4.78, 5) is 0. The predicted molar refractivity (Wildman–Crippen MR) is 73.2 cm³/mol. The standard InChI is InChI=1S/C12H9Cl3ISi/c13-17(14,15)12-8-4-7-11(9-12)16-10-5-2-1-3-6-10/h1-9H/q-1. The van der Waals surface area contributed by atoms with E-state index in [9.17, 15) is 0 Å². The van der Waals surface area contributed by atoms with Crippen molar-refractivity contribution in [3.05, 3.63) is 61.7 Å². The fourth-order valence-electron chi connectivity index (χ4n) is 1.33. The molecule has 0 saturated heterocycles. The van der Waals surface area contributed by atoms with Crippen LogP contribution < -0.4 is 26.4 Å². The van der Waals surface area contributed by atoms with Crippen LogP contribution in [0.15, 0.2) is 54.6 Å². The first-order valence-electron chi connectivity index (χ1n) is 4.93. The number of hydrogen-bond donors (Lipinski definition) is 0. The molecule has 2 aromatic carbocycles. The summed E-state index contributed by atoms with van der Waals surface area (Å²) in [6.45, 7) is 0. The summed E-state index contributed by atoms with van der Waals surface area (Å²) in [6, 6.07) is 15.7. The molecule has 2 rings (SSSR count). The number of rotatable bonds is 3. The van der Waals surface area contributed by atoms with Crippen LogP contribution in [0.3, 0.4) is 0 Å². The molecular weight excluding hydrogens is 405 g/mol. The van der Waals surface area contributed by atoms with Gasteiger partial charge in [-0.15, -0.1) is 0 Å². The maximum absolute atomic E-state index is 6.02. The minimum absolute atomic E-state index is 0.190. The molecule has 0 N–H and O–H groups in total. The third-order valence-corrected chi connectivity index (χ3v) is 7.67. The van der Waals surface area contributed by atoms with E-state index in [1.807, 2.05) is 24.3 Å². The molecule has 0 spiro atoms. The van der Waals surface area contributed by atoms with Gasteiger partial charge in [0.2, 0.25) is 0 Å². The third-order valence-electron chi connectivity index (χ3n) is 2.10. The van der Waals surface area contributed by atoms with Gasteiger partial charge >= 0.3 is 127 Å². The molecule has 0 radical (unpaired) electrons. The van der Waals surface area contributed by atoms with E-state index in [2.05, 4.69) is 30.3 Å². The summed E-state index contributed by atoms with van der Waals surface area (Å²) in [5.41, 5.74) is 0. The van der Waals surface area contributed by atoms with Gasteiger partial charge in [0.25, 0.3) is 0 Å². The molecule has 0 aliphatic heterocycles. The van der Waals surface area contributed by atoms with Gasteiger partial charge in [-0.3, -0.25) is 0 Å². The van der Waals surface area contributed by atoms with Gasteiger partial charge in [0.1, 0.15) is 0 Å². The summed E-state index contributed by atoms with van der Waals surface area (Å²) in [5.74, 6) is 0. The van der Waals surface area contributed by atoms with Crippen molar-refractivity contribution >= 4 is 44.4 Å². The molecule has 0 aliphatic rings. The van der Waals surface area contributed by atoms with Crippen molar-refractivity contribution in [3.8, 4) is 0 Å². The van der Waals surface area contributed by atoms with E-state index >= 15 is 0 Å². The molecule has 0 amide bonds.